The smallest absolute Gasteiger partial charge is 0.238 e. The molecule has 0 aliphatic heterocycles. The topological polar surface area (TPSA) is 55.1 Å². The van der Waals surface area contributed by atoms with Crippen LogP contribution in [0.1, 0.15) is 45.4 Å². The zero-order valence-corrected chi connectivity index (χ0v) is 10.0. The Morgan fingerprint density at radius 1 is 1.56 bits per heavy atom. The summed E-state index contributed by atoms with van der Waals surface area (Å²) in [4.78, 5) is 11.7. The lowest BCUT2D eigenvalue weighted by atomic mass is 9.83. The lowest BCUT2D eigenvalue weighted by Crippen LogP contribution is -2.48. The molecule has 3 nitrogen and oxygen atoms in total. The van der Waals surface area contributed by atoms with Crippen molar-refractivity contribution in [3.8, 4) is 12.3 Å². The summed E-state index contributed by atoms with van der Waals surface area (Å²) >= 11 is 0. The minimum Gasteiger partial charge on any atom is -0.352 e. The van der Waals surface area contributed by atoms with Gasteiger partial charge in [0.2, 0.25) is 5.91 Å². The van der Waals surface area contributed by atoms with Gasteiger partial charge in [0.25, 0.3) is 0 Å². The minimum atomic E-state index is -0.551. The highest BCUT2D eigenvalue weighted by Gasteiger charge is 2.26. The number of nitrogens with two attached hydrogens (primary N) is 1. The van der Waals surface area contributed by atoms with Gasteiger partial charge >= 0.3 is 0 Å². The maximum Gasteiger partial charge on any atom is 0.238 e. The van der Waals surface area contributed by atoms with Gasteiger partial charge in [-0.05, 0) is 18.8 Å². The van der Waals surface area contributed by atoms with Gasteiger partial charge in [-0.1, -0.05) is 26.2 Å². The van der Waals surface area contributed by atoms with Crippen LogP contribution in [0.15, 0.2) is 0 Å². The lowest BCUT2D eigenvalue weighted by molar-refractivity contribution is -0.123. The molecule has 90 valence electrons. The third kappa shape index (κ3) is 3.53. The van der Waals surface area contributed by atoms with Gasteiger partial charge in [-0.2, -0.15) is 0 Å². The minimum absolute atomic E-state index is 0.0942. The first kappa shape index (κ1) is 13.1. The van der Waals surface area contributed by atoms with Crippen molar-refractivity contribution in [3.05, 3.63) is 0 Å². The Morgan fingerprint density at radius 3 is 2.88 bits per heavy atom. The average Bonchev–Trinajstić information content (AvgIpc) is 2.30. The fourth-order valence-corrected chi connectivity index (χ4v) is 2.40. The molecule has 1 fully saturated rings. The van der Waals surface area contributed by atoms with Crippen molar-refractivity contribution in [3.63, 3.8) is 0 Å². The van der Waals surface area contributed by atoms with Gasteiger partial charge in [0.15, 0.2) is 0 Å². The monoisotopic (exact) mass is 222 g/mol. The van der Waals surface area contributed by atoms with Crippen LogP contribution in [0.3, 0.4) is 0 Å². The van der Waals surface area contributed by atoms with E-state index in [1.807, 2.05) is 0 Å². The Kier molecular flexibility index (Phi) is 5.34. The van der Waals surface area contributed by atoms with Crippen molar-refractivity contribution in [1.82, 2.24) is 5.32 Å². The zero-order valence-electron chi connectivity index (χ0n) is 10.0. The molecule has 1 rings (SSSR count). The van der Waals surface area contributed by atoms with Crippen LogP contribution in [-0.4, -0.2) is 18.0 Å². The summed E-state index contributed by atoms with van der Waals surface area (Å²) < 4.78 is 0. The zero-order chi connectivity index (χ0) is 12.0. The predicted molar refractivity (Wildman–Crippen MR) is 65.6 cm³/mol. The van der Waals surface area contributed by atoms with Gasteiger partial charge in [0, 0.05) is 12.5 Å². The predicted octanol–water partition coefficient (Wildman–Crippen LogP) is 1.42. The quantitative estimate of drug-likeness (QED) is 0.707. The van der Waals surface area contributed by atoms with Crippen LogP contribution in [0.4, 0.5) is 0 Å². The standard InChI is InChI=1S/C13H22N2O/c1-3-7-11(14)13(16)15-12-9-6-5-8-10(12)4-2/h1,10-12H,4-9,14H2,2H3,(H,15,16). The number of terminal acetylenes is 1. The first-order valence-electron chi connectivity index (χ1n) is 6.18. The van der Waals surface area contributed by atoms with Gasteiger partial charge in [-0.25, -0.2) is 0 Å². The van der Waals surface area contributed by atoms with Crippen LogP contribution in [0.2, 0.25) is 0 Å². The van der Waals surface area contributed by atoms with Gasteiger partial charge in [-0.3, -0.25) is 4.79 Å². The van der Waals surface area contributed by atoms with Crippen LogP contribution in [0.25, 0.3) is 0 Å². The number of amides is 1. The van der Waals surface area contributed by atoms with E-state index in [-0.39, 0.29) is 5.91 Å². The van der Waals surface area contributed by atoms with E-state index in [0.717, 1.165) is 12.8 Å². The second kappa shape index (κ2) is 6.55. The van der Waals surface area contributed by atoms with Gasteiger partial charge in [-0.15, -0.1) is 12.3 Å². The Hall–Kier alpha value is -1.01. The first-order chi connectivity index (χ1) is 7.69. The fraction of sp³-hybridized carbons (Fsp3) is 0.769. The van der Waals surface area contributed by atoms with E-state index in [1.54, 1.807) is 0 Å². The van der Waals surface area contributed by atoms with Crippen molar-refractivity contribution >= 4 is 5.91 Å². The summed E-state index contributed by atoms with van der Waals surface area (Å²) in [5.74, 6) is 2.94. The second-order valence-electron chi connectivity index (χ2n) is 4.58. The molecule has 0 radical (unpaired) electrons. The molecule has 3 unspecified atom stereocenters. The fourth-order valence-electron chi connectivity index (χ4n) is 2.40. The summed E-state index contributed by atoms with van der Waals surface area (Å²) in [7, 11) is 0. The van der Waals surface area contributed by atoms with E-state index in [4.69, 9.17) is 12.2 Å². The maximum atomic E-state index is 11.7. The highest BCUT2D eigenvalue weighted by atomic mass is 16.2. The van der Waals surface area contributed by atoms with Crippen LogP contribution in [0.5, 0.6) is 0 Å². The number of carbonyl (C=O) groups is 1. The van der Waals surface area contributed by atoms with Crippen LogP contribution in [-0.2, 0) is 4.79 Å². The third-order valence-electron chi connectivity index (χ3n) is 3.44. The number of hydrogen-bond donors (Lipinski definition) is 2. The lowest BCUT2D eigenvalue weighted by Gasteiger charge is -2.32. The molecular weight excluding hydrogens is 200 g/mol. The summed E-state index contributed by atoms with van der Waals surface area (Å²) in [6, 6.07) is -0.250. The van der Waals surface area contributed by atoms with Crippen molar-refractivity contribution in [2.24, 2.45) is 11.7 Å². The molecule has 0 spiro atoms. The Labute approximate surface area is 98.2 Å². The van der Waals surface area contributed by atoms with Gasteiger partial charge in [0.05, 0.1) is 6.04 Å². The molecular formula is C13H22N2O. The summed E-state index contributed by atoms with van der Waals surface area (Å²) in [5, 5.41) is 3.04. The molecule has 0 aromatic carbocycles. The van der Waals surface area contributed by atoms with E-state index in [9.17, 15) is 4.79 Å². The highest BCUT2D eigenvalue weighted by molar-refractivity contribution is 5.82. The number of rotatable bonds is 4. The summed E-state index contributed by atoms with van der Waals surface area (Å²) in [6.07, 6.45) is 11.3. The highest BCUT2D eigenvalue weighted by Crippen LogP contribution is 2.26. The summed E-state index contributed by atoms with van der Waals surface area (Å²) in [6.45, 7) is 2.18. The molecule has 0 bridgehead atoms. The molecule has 1 aliphatic carbocycles. The molecule has 16 heavy (non-hydrogen) atoms. The second-order valence-corrected chi connectivity index (χ2v) is 4.58. The molecule has 1 amide bonds. The van der Waals surface area contributed by atoms with Crippen molar-refractivity contribution in [1.29, 1.82) is 0 Å². The molecule has 0 aromatic heterocycles. The molecule has 0 aromatic rings. The van der Waals surface area contributed by atoms with E-state index in [1.165, 1.54) is 19.3 Å². The largest absolute Gasteiger partial charge is 0.352 e. The van der Waals surface area contributed by atoms with Gasteiger partial charge in [0.1, 0.15) is 0 Å². The molecule has 0 saturated heterocycles. The van der Waals surface area contributed by atoms with Gasteiger partial charge < -0.3 is 11.1 Å². The Bertz CT molecular complexity index is 270. The van der Waals surface area contributed by atoms with E-state index in [2.05, 4.69) is 18.2 Å². The SMILES string of the molecule is C#CCC(N)C(=O)NC1CCCCC1CC. The third-order valence-corrected chi connectivity index (χ3v) is 3.44. The molecule has 3 heteroatoms. The normalized spacial score (nSPS) is 26.8. The first-order valence-corrected chi connectivity index (χ1v) is 6.18. The van der Waals surface area contributed by atoms with Crippen LogP contribution < -0.4 is 11.1 Å². The Morgan fingerprint density at radius 2 is 2.25 bits per heavy atom. The van der Waals surface area contributed by atoms with Crippen molar-refractivity contribution in [2.45, 2.75) is 57.5 Å². The maximum absolute atomic E-state index is 11.7. The van der Waals surface area contributed by atoms with E-state index in [0.29, 0.717) is 18.4 Å². The number of hydrogen-bond acceptors (Lipinski definition) is 2. The number of nitrogens with one attached hydrogen (secondary N) is 1. The number of carbonyl (C=O) groups excluding carboxylic acids is 1. The van der Waals surface area contributed by atoms with Crippen molar-refractivity contribution < 1.29 is 4.79 Å². The average molecular weight is 222 g/mol. The summed E-state index contributed by atoms with van der Waals surface area (Å²) in [5.41, 5.74) is 5.68. The van der Waals surface area contributed by atoms with E-state index < -0.39 is 6.04 Å². The molecule has 1 saturated carbocycles. The Balaban J connectivity index is 2.45. The van der Waals surface area contributed by atoms with Crippen molar-refractivity contribution in [2.75, 3.05) is 0 Å². The van der Waals surface area contributed by atoms with E-state index >= 15 is 0 Å². The van der Waals surface area contributed by atoms with Crippen LogP contribution >= 0.6 is 0 Å². The molecule has 1 aliphatic rings. The molecule has 0 heterocycles. The molecule has 3 atom stereocenters. The van der Waals surface area contributed by atoms with Crippen LogP contribution in [0, 0.1) is 18.3 Å². The molecule has 3 N–H and O–H groups in total.